The molecule has 2 heterocycles. The first-order valence-corrected chi connectivity index (χ1v) is 9.88. The van der Waals surface area contributed by atoms with E-state index in [0.29, 0.717) is 24.7 Å². The van der Waals surface area contributed by atoms with E-state index in [1.807, 2.05) is 48.2 Å². The number of likely N-dealkylation sites (tertiary alicyclic amines) is 1. The largest absolute Gasteiger partial charge is 0.342 e. The van der Waals surface area contributed by atoms with Gasteiger partial charge in [0.2, 0.25) is 11.8 Å². The van der Waals surface area contributed by atoms with Gasteiger partial charge in [0, 0.05) is 25.4 Å². The summed E-state index contributed by atoms with van der Waals surface area (Å²) in [4.78, 5) is 19.5. The number of rotatable bonds is 5. The predicted molar refractivity (Wildman–Crippen MR) is 107 cm³/mol. The van der Waals surface area contributed by atoms with Crippen molar-refractivity contribution in [1.29, 1.82) is 0 Å². The Balaban J connectivity index is 1.51. The molecule has 1 aliphatic rings. The van der Waals surface area contributed by atoms with Gasteiger partial charge in [0.1, 0.15) is 0 Å². The van der Waals surface area contributed by atoms with E-state index >= 15 is 0 Å². The number of nitrogens with zero attached hydrogens (tertiary/aromatic N) is 3. The van der Waals surface area contributed by atoms with Crippen molar-refractivity contribution >= 4 is 5.91 Å². The molecule has 5 heteroatoms. The monoisotopic (exact) mass is 375 g/mol. The van der Waals surface area contributed by atoms with Crippen LogP contribution in [-0.2, 0) is 4.79 Å². The van der Waals surface area contributed by atoms with E-state index in [-0.39, 0.29) is 17.7 Å². The second-order valence-electron chi connectivity index (χ2n) is 7.44. The molecule has 2 aromatic carbocycles. The third-order valence-corrected chi connectivity index (χ3v) is 5.45. The van der Waals surface area contributed by atoms with Gasteiger partial charge in [-0.2, -0.15) is 4.98 Å². The SMILES string of the molecule is Cc1noc(C2CCCN(C(=O)CC(c3ccccc3)c3ccccc3)C2)n1. The minimum atomic E-state index is 0.0564. The van der Waals surface area contributed by atoms with E-state index in [1.54, 1.807) is 0 Å². The van der Waals surface area contributed by atoms with Gasteiger partial charge in [0.05, 0.1) is 5.92 Å². The summed E-state index contributed by atoms with van der Waals surface area (Å²) >= 11 is 0. The Morgan fingerprint density at radius 2 is 1.75 bits per heavy atom. The Morgan fingerprint density at radius 3 is 2.32 bits per heavy atom. The Morgan fingerprint density at radius 1 is 1.11 bits per heavy atom. The molecule has 28 heavy (non-hydrogen) atoms. The predicted octanol–water partition coefficient (Wildman–Crippen LogP) is 4.31. The molecular weight excluding hydrogens is 350 g/mol. The fourth-order valence-corrected chi connectivity index (χ4v) is 3.99. The summed E-state index contributed by atoms with van der Waals surface area (Å²) in [7, 11) is 0. The van der Waals surface area contributed by atoms with Crippen molar-refractivity contribution in [3.8, 4) is 0 Å². The van der Waals surface area contributed by atoms with E-state index in [0.717, 1.165) is 19.4 Å². The summed E-state index contributed by atoms with van der Waals surface area (Å²) in [5, 5.41) is 3.90. The smallest absolute Gasteiger partial charge is 0.231 e. The quantitative estimate of drug-likeness (QED) is 0.667. The fraction of sp³-hybridized carbons (Fsp3) is 0.348. The van der Waals surface area contributed by atoms with Crippen LogP contribution in [0.4, 0.5) is 0 Å². The Bertz CT molecular complexity index is 868. The Hall–Kier alpha value is -2.95. The number of aryl methyl sites for hydroxylation is 1. The number of aromatic nitrogens is 2. The number of carbonyl (C=O) groups is 1. The normalized spacial score (nSPS) is 17.1. The van der Waals surface area contributed by atoms with Crippen LogP contribution >= 0.6 is 0 Å². The Kier molecular flexibility index (Phi) is 5.51. The van der Waals surface area contributed by atoms with Crippen LogP contribution in [0.25, 0.3) is 0 Å². The third-order valence-electron chi connectivity index (χ3n) is 5.45. The molecular formula is C23H25N3O2. The Labute approximate surface area is 165 Å². The van der Waals surface area contributed by atoms with Crippen molar-refractivity contribution in [2.75, 3.05) is 13.1 Å². The molecule has 1 aliphatic heterocycles. The molecule has 144 valence electrons. The number of piperidine rings is 1. The lowest BCUT2D eigenvalue weighted by Crippen LogP contribution is -2.39. The number of benzene rings is 2. The van der Waals surface area contributed by atoms with Gasteiger partial charge in [0.25, 0.3) is 0 Å². The van der Waals surface area contributed by atoms with Gasteiger partial charge < -0.3 is 9.42 Å². The summed E-state index contributed by atoms with van der Waals surface area (Å²) in [6, 6.07) is 20.6. The molecule has 0 saturated carbocycles. The lowest BCUT2D eigenvalue weighted by Gasteiger charge is -2.32. The first kappa shape index (κ1) is 18.4. The summed E-state index contributed by atoms with van der Waals surface area (Å²) in [6.07, 6.45) is 2.40. The molecule has 1 saturated heterocycles. The second kappa shape index (κ2) is 8.38. The van der Waals surface area contributed by atoms with Crippen molar-refractivity contribution in [2.24, 2.45) is 0 Å². The standard InChI is InChI=1S/C23H25N3O2/c1-17-24-23(28-25-17)20-13-8-14-26(16-20)22(27)15-21(18-9-4-2-5-10-18)19-11-6-3-7-12-19/h2-7,9-12,20-21H,8,13-16H2,1H3. The van der Waals surface area contributed by atoms with Crippen LogP contribution in [0.5, 0.6) is 0 Å². The van der Waals surface area contributed by atoms with Crippen molar-refractivity contribution in [1.82, 2.24) is 15.0 Å². The van der Waals surface area contributed by atoms with E-state index in [9.17, 15) is 4.79 Å². The number of hydrogen-bond donors (Lipinski definition) is 0. The molecule has 0 aliphatic carbocycles. The molecule has 1 aromatic heterocycles. The summed E-state index contributed by atoms with van der Waals surface area (Å²) < 4.78 is 5.35. The maximum atomic E-state index is 13.2. The van der Waals surface area contributed by atoms with E-state index in [1.165, 1.54) is 11.1 Å². The highest BCUT2D eigenvalue weighted by atomic mass is 16.5. The van der Waals surface area contributed by atoms with Crippen LogP contribution in [-0.4, -0.2) is 34.0 Å². The number of hydrogen-bond acceptors (Lipinski definition) is 4. The van der Waals surface area contributed by atoms with Gasteiger partial charge in [0.15, 0.2) is 5.82 Å². The van der Waals surface area contributed by atoms with Gasteiger partial charge in [-0.25, -0.2) is 0 Å². The molecule has 3 aromatic rings. The second-order valence-corrected chi connectivity index (χ2v) is 7.44. The first-order chi connectivity index (χ1) is 13.7. The van der Waals surface area contributed by atoms with Crippen molar-refractivity contribution in [3.63, 3.8) is 0 Å². The fourth-order valence-electron chi connectivity index (χ4n) is 3.99. The molecule has 5 nitrogen and oxygen atoms in total. The zero-order valence-corrected chi connectivity index (χ0v) is 16.1. The highest BCUT2D eigenvalue weighted by Gasteiger charge is 2.30. The van der Waals surface area contributed by atoms with E-state index < -0.39 is 0 Å². The highest BCUT2D eigenvalue weighted by molar-refractivity contribution is 5.78. The minimum absolute atomic E-state index is 0.0564. The average Bonchev–Trinajstić information content (AvgIpc) is 3.19. The zero-order valence-electron chi connectivity index (χ0n) is 16.1. The van der Waals surface area contributed by atoms with Crippen LogP contribution in [0.2, 0.25) is 0 Å². The lowest BCUT2D eigenvalue weighted by molar-refractivity contribution is -0.132. The molecule has 1 fully saturated rings. The van der Waals surface area contributed by atoms with Crippen LogP contribution in [0.3, 0.4) is 0 Å². The van der Waals surface area contributed by atoms with Gasteiger partial charge in [-0.3, -0.25) is 4.79 Å². The maximum absolute atomic E-state index is 13.2. The van der Waals surface area contributed by atoms with E-state index in [2.05, 4.69) is 34.4 Å². The molecule has 4 rings (SSSR count). The molecule has 0 N–H and O–H groups in total. The van der Waals surface area contributed by atoms with Crippen LogP contribution in [0, 0.1) is 6.92 Å². The third kappa shape index (κ3) is 4.14. The lowest BCUT2D eigenvalue weighted by atomic mass is 9.87. The highest BCUT2D eigenvalue weighted by Crippen LogP contribution is 2.31. The average molecular weight is 375 g/mol. The number of carbonyl (C=O) groups excluding carboxylic acids is 1. The zero-order chi connectivity index (χ0) is 19.3. The van der Waals surface area contributed by atoms with Gasteiger partial charge in [-0.05, 0) is 30.9 Å². The molecule has 0 spiro atoms. The minimum Gasteiger partial charge on any atom is -0.342 e. The van der Waals surface area contributed by atoms with E-state index in [4.69, 9.17) is 4.52 Å². The number of amides is 1. The first-order valence-electron chi connectivity index (χ1n) is 9.88. The topological polar surface area (TPSA) is 59.2 Å². The molecule has 0 radical (unpaired) electrons. The maximum Gasteiger partial charge on any atom is 0.231 e. The van der Waals surface area contributed by atoms with Gasteiger partial charge in [-0.15, -0.1) is 0 Å². The molecule has 1 unspecified atom stereocenters. The summed E-state index contributed by atoms with van der Waals surface area (Å²) in [6.45, 7) is 3.26. The summed E-state index contributed by atoms with van der Waals surface area (Å²) in [5.41, 5.74) is 2.34. The van der Waals surface area contributed by atoms with Gasteiger partial charge in [-0.1, -0.05) is 65.8 Å². The van der Waals surface area contributed by atoms with Crippen molar-refractivity contribution in [2.45, 2.75) is 38.0 Å². The van der Waals surface area contributed by atoms with Crippen LogP contribution in [0.1, 0.15) is 53.9 Å². The van der Waals surface area contributed by atoms with Crippen LogP contribution in [0.15, 0.2) is 65.2 Å². The van der Waals surface area contributed by atoms with Crippen molar-refractivity contribution in [3.05, 3.63) is 83.5 Å². The molecule has 0 bridgehead atoms. The van der Waals surface area contributed by atoms with Crippen LogP contribution < -0.4 is 0 Å². The molecule has 1 amide bonds. The van der Waals surface area contributed by atoms with Gasteiger partial charge >= 0.3 is 0 Å². The van der Waals surface area contributed by atoms with Crippen molar-refractivity contribution < 1.29 is 9.32 Å². The molecule has 1 atom stereocenters. The summed E-state index contributed by atoms with van der Waals surface area (Å²) in [5.74, 6) is 1.66.